The van der Waals surface area contributed by atoms with Crippen molar-refractivity contribution >= 4 is 11.6 Å². The number of benzene rings is 1. The molecule has 2 aromatic rings. The molecule has 0 bridgehead atoms. The molecule has 6 heteroatoms. The summed E-state index contributed by atoms with van der Waals surface area (Å²) in [7, 11) is 0. The van der Waals surface area contributed by atoms with Gasteiger partial charge in [-0.15, -0.1) is 10.2 Å². The lowest BCUT2D eigenvalue weighted by Gasteiger charge is -2.37. The molecule has 1 amide bonds. The third kappa shape index (κ3) is 4.00. The van der Waals surface area contributed by atoms with Crippen LogP contribution >= 0.6 is 0 Å². The number of hydrogen-bond acceptors (Lipinski definition) is 4. The molecule has 1 aliphatic rings. The summed E-state index contributed by atoms with van der Waals surface area (Å²) < 4.78 is 1.98. The lowest BCUT2D eigenvalue weighted by Crippen LogP contribution is -2.40. The van der Waals surface area contributed by atoms with Gasteiger partial charge in [-0.05, 0) is 45.2 Å². The van der Waals surface area contributed by atoms with Crippen LogP contribution in [-0.2, 0) is 17.8 Å². The number of carbonyl (C=O) groups is 1. The fraction of sp³-hybridized carbons (Fsp3) is 0.526. The number of para-hydroxylation sites is 1. The highest BCUT2D eigenvalue weighted by molar-refractivity contribution is 5.76. The molecule has 3 rings (SSSR count). The zero-order valence-electron chi connectivity index (χ0n) is 15.3. The summed E-state index contributed by atoms with van der Waals surface area (Å²) in [5.41, 5.74) is 2.65. The third-order valence-corrected chi connectivity index (χ3v) is 4.89. The summed E-state index contributed by atoms with van der Waals surface area (Å²) in [6.45, 7) is 7.54. The summed E-state index contributed by atoms with van der Waals surface area (Å²) in [6.07, 6.45) is 4.44. The number of nitrogens with zero attached hydrogens (tertiary/aromatic N) is 4. The normalized spacial score (nSPS) is 16.8. The molecule has 134 valence electrons. The Hall–Kier alpha value is -2.37. The predicted octanol–water partition coefficient (Wildman–Crippen LogP) is 2.71. The Labute approximate surface area is 149 Å². The van der Waals surface area contributed by atoms with E-state index < -0.39 is 0 Å². The van der Waals surface area contributed by atoms with Gasteiger partial charge in [0.2, 0.25) is 5.91 Å². The second-order valence-electron chi connectivity index (χ2n) is 6.98. The Morgan fingerprint density at radius 3 is 2.96 bits per heavy atom. The van der Waals surface area contributed by atoms with Gasteiger partial charge in [-0.3, -0.25) is 4.79 Å². The first-order valence-electron chi connectivity index (χ1n) is 9.06. The Balaban J connectivity index is 1.55. The van der Waals surface area contributed by atoms with Gasteiger partial charge < -0.3 is 14.8 Å². The van der Waals surface area contributed by atoms with E-state index in [0.717, 1.165) is 25.2 Å². The molecular weight excluding hydrogens is 314 g/mol. The smallest absolute Gasteiger partial charge is 0.222 e. The van der Waals surface area contributed by atoms with Crippen molar-refractivity contribution in [2.24, 2.45) is 0 Å². The molecule has 1 aromatic heterocycles. The maximum atomic E-state index is 12.3. The average molecular weight is 341 g/mol. The van der Waals surface area contributed by atoms with E-state index in [0.29, 0.717) is 19.0 Å². The number of nitrogens with one attached hydrogen (secondary N) is 1. The molecule has 1 atom stereocenters. The van der Waals surface area contributed by atoms with Crippen molar-refractivity contribution < 1.29 is 4.79 Å². The van der Waals surface area contributed by atoms with Gasteiger partial charge >= 0.3 is 0 Å². The van der Waals surface area contributed by atoms with Crippen molar-refractivity contribution in [2.75, 3.05) is 11.4 Å². The number of aryl methyl sites for hydroxylation is 1. The summed E-state index contributed by atoms with van der Waals surface area (Å²) in [5.74, 6) is 0.841. The van der Waals surface area contributed by atoms with Gasteiger partial charge in [0.1, 0.15) is 6.33 Å². The second kappa shape index (κ2) is 7.68. The number of carbonyl (C=O) groups excluding carboxylic acids is 1. The molecule has 0 aliphatic carbocycles. The van der Waals surface area contributed by atoms with Crippen molar-refractivity contribution in [1.82, 2.24) is 20.1 Å². The van der Waals surface area contributed by atoms with Crippen LogP contribution in [0.4, 0.5) is 5.69 Å². The first kappa shape index (κ1) is 17.5. The molecule has 1 aliphatic heterocycles. The maximum Gasteiger partial charge on any atom is 0.222 e. The Kier molecular flexibility index (Phi) is 5.36. The zero-order valence-corrected chi connectivity index (χ0v) is 15.3. The first-order chi connectivity index (χ1) is 12.1. The lowest BCUT2D eigenvalue weighted by atomic mass is 9.96. The minimum Gasteiger partial charge on any atom is -0.368 e. The van der Waals surface area contributed by atoms with Crippen molar-refractivity contribution in [3.05, 3.63) is 42.0 Å². The van der Waals surface area contributed by atoms with Crippen molar-refractivity contribution in [1.29, 1.82) is 0 Å². The van der Waals surface area contributed by atoms with Crippen LogP contribution in [0.2, 0.25) is 0 Å². The molecular formula is C19H27N5O. The molecule has 0 radical (unpaired) electrons. The van der Waals surface area contributed by atoms with Gasteiger partial charge in [-0.2, -0.15) is 0 Å². The van der Waals surface area contributed by atoms with Gasteiger partial charge in [0.15, 0.2) is 5.82 Å². The molecule has 0 saturated carbocycles. The number of fused-ring (bicyclic) bond motifs is 1. The van der Waals surface area contributed by atoms with Gasteiger partial charge in [0, 0.05) is 30.7 Å². The molecule has 1 N–H and O–H groups in total. The van der Waals surface area contributed by atoms with E-state index in [-0.39, 0.29) is 11.9 Å². The van der Waals surface area contributed by atoms with E-state index in [1.165, 1.54) is 11.3 Å². The molecule has 2 heterocycles. The lowest BCUT2D eigenvalue weighted by molar-refractivity contribution is -0.121. The number of hydrogen-bond donors (Lipinski definition) is 1. The highest BCUT2D eigenvalue weighted by Crippen LogP contribution is 2.30. The maximum absolute atomic E-state index is 12.3. The van der Waals surface area contributed by atoms with Crippen LogP contribution in [0.15, 0.2) is 30.6 Å². The van der Waals surface area contributed by atoms with E-state index in [1.54, 1.807) is 6.33 Å². The van der Waals surface area contributed by atoms with Gasteiger partial charge in [-0.25, -0.2) is 0 Å². The Bertz CT molecular complexity index is 724. The SMILES string of the molecule is CC1CCc2ccccc2N1CCC(=O)NCc1nncn1C(C)C. The molecule has 6 nitrogen and oxygen atoms in total. The highest BCUT2D eigenvalue weighted by atomic mass is 16.1. The highest BCUT2D eigenvalue weighted by Gasteiger charge is 2.23. The topological polar surface area (TPSA) is 63.1 Å². The molecule has 1 unspecified atom stereocenters. The van der Waals surface area contributed by atoms with Gasteiger partial charge in [0.05, 0.1) is 6.54 Å². The zero-order chi connectivity index (χ0) is 17.8. The number of rotatable bonds is 6. The van der Waals surface area contributed by atoms with Crippen LogP contribution < -0.4 is 10.2 Å². The van der Waals surface area contributed by atoms with E-state index >= 15 is 0 Å². The van der Waals surface area contributed by atoms with E-state index in [9.17, 15) is 4.79 Å². The minimum absolute atomic E-state index is 0.0496. The first-order valence-corrected chi connectivity index (χ1v) is 9.06. The largest absolute Gasteiger partial charge is 0.368 e. The summed E-state index contributed by atoms with van der Waals surface area (Å²) in [5, 5.41) is 11.0. The third-order valence-electron chi connectivity index (χ3n) is 4.89. The predicted molar refractivity (Wildman–Crippen MR) is 98.4 cm³/mol. The van der Waals surface area contributed by atoms with Gasteiger partial charge in [-0.1, -0.05) is 18.2 Å². The number of aromatic nitrogens is 3. The van der Waals surface area contributed by atoms with Crippen LogP contribution in [0.1, 0.15) is 51.0 Å². The Morgan fingerprint density at radius 2 is 2.16 bits per heavy atom. The number of amides is 1. The van der Waals surface area contributed by atoms with Crippen LogP contribution in [-0.4, -0.2) is 33.3 Å². The summed E-state index contributed by atoms with van der Waals surface area (Å²) in [4.78, 5) is 14.6. The number of anilines is 1. The second-order valence-corrected chi connectivity index (χ2v) is 6.98. The molecule has 0 fully saturated rings. The van der Waals surface area contributed by atoms with Crippen LogP contribution in [0, 0.1) is 0 Å². The van der Waals surface area contributed by atoms with Crippen LogP contribution in [0.3, 0.4) is 0 Å². The van der Waals surface area contributed by atoms with Gasteiger partial charge in [0.25, 0.3) is 0 Å². The molecule has 0 saturated heterocycles. The fourth-order valence-electron chi connectivity index (χ4n) is 3.41. The van der Waals surface area contributed by atoms with Crippen molar-refractivity contribution in [3.63, 3.8) is 0 Å². The molecule has 1 aromatic carbocycles. The summed E-state index contributed by atoms with van der Waals surface area (Å²) in [6, 6.07) is 9.26. The monoisotopic (exact) mass is 341 g/mol. The summed E-state index contributed by atoms with van der Waals surface area (Å²) >= 11 is 0. The van der Waals surface area contributed by atoms with E-state index in [4.69, 9.17) is 0 Å². The van der Waals surface area contributed by atoms with E-state index in [2.05, 4.69) is 65.5 Å². The van der Waals surface area contributed by atoms with E-state index in [1.807, 2.05) is 4.57 Å². The standard InChI is InChI=1S/C19H27N5O/c1-14(2)24-13-21-22-18(24)12-20-19(25)10-11-23-15(3)8-9-16-6-4-5-7-17(16)23/h4-7,13-15H,8-12H2,1-3H3,(H,20,25). The molecule has 0 spiro atoms. The van der Waals surface area contributed by atoms with Crippen molar-refractivity contribution in [2.45, 2.75) is 58.7 Å². The minimum atomic E-state index is 0.0496. The van der Waals surface area contributed by atoms with Crippen molar-refractivity contribution in [3.8, 4) is 0 Å². The quantitative estimate of drug-likeness (QED) is 0.877. The average Bonchev–Trinajstić information content (AvgIpc) is 3.08. The fourth-order valence-corrected chi connectivity index (χ4v) is 3.41. The molecule has 25 heavy (non-hydrogen) atoms. The Morgan fingerprint density at radius 1 is 1.36 bits per heavy atom. The van der Waals surface area contributed by atoms with Crippen LogP contribution in [0.25, 0.3) is 0 Å². The van der Waals surface area contributed by atoms with Crippen LogP contribution in [0.5, 0.6) is 0 Å².